The number of aromatic nitrogens is 3. The van der Waals surface area contributed by atoms with Gasteiger partial charge in [-0.05, 0) is 36.4 Å². The molecule has 0 radical (unpaired) electrons. The minimum absolute atomic E-state index is 0.0266. The number of para-hydroxylation sites is 1. The molecule has 13 heteroatoms. The van der Waals surface area contributed by atoms with Crippen molar-refractivity contribution in [2.24, 2.45) is 5.14 Å². The lowest BCUT2D eigenvalue weighted by Crippen LogP contribution is -2.31. The van der Waals surface area contributed by atoms with Crippen LogP contribution in [0, 0.1) is 0 Å². The number of amides is 1. The van der Waals surface area contributed by atoms with Crippen LogP contribution in [0.1, 0.15) is 0 Å². The lowest BCUT2D eigenvalue weighted by Gasteiger charge is -2.12. The second-order valence-corrected chi connectivity index (χ2v) is 7.63. The first-order valence-corrected chi connectivity index (χ1v) is 10.5. The molecule has 0 aliphatic carbocycles. The van der Waals surface area contributed by atoms with E-state index in [2.05, 4.69) is 36.4 Å². The summed E-state index contributed by atoms with van der Waals surface area (Å²) in [6.07, 6.45) is 0. The summed E-state index contributed by atoms with van der Waals surface area (Å²) in [7, 11) is -3.80. The second-order valence-electron chi connectivity index (χ2n) is 5.80. The molecule has 156 valence electrons. The smallest absolute Gasteiger partial charge is 0.253 e. The fourth-order valence-electron chi connectivity index (χ4n) is 2.21. The molecule has 1 aromatic heterocycles. The second kappa shape index (κ2) is 9.35. The van der Waals surface area contributed by atoms with Gasteiger partial charge in [0.2, 0.25) is 27.9 Å². The number of halogens is 1. The summed E-state index contributed by atoms with van der Waals surface area (Å²) in [6, 6.07) is 14.9. The summed E-state index contributed by atoms with van der Waals surface area (Å²) in [6.45, 7) is 0. The summed E-state index contributed by atoms with van der Waals surface area (Å²) >= 11 is 5.46. The maximum atomic E-state index is 11.4. The van der Waals surface area contributed by atoms with E-state index in [0.29, 0.717) is 5.69 Å². The Morgan fingerprint density at radius 3 is 1.93 bits per heavy atom. The summed E-state index contributed by atoms with van der Waals surface area (Å²) in [5.41, 5.74) is 6.15. The molecular weight excluding hydrogens is 432 g/mol. The Kier molecular flexibility index (Phi) is 6.61. The molecule has 30 heavy (non-hydrogen) atoms. The van der Waals surface area contributed by atoms with Gasteiger partial charge in [0.25, 0.3) is 5.91 Å². The molecule has 0 unspecified atom stereocenters. The van der Waals surface area contributed by atoms with Gasteiger partial charge in [-0.2, -0.15) is 15.0 Å². The van der Waals surface area contributed by atoms with Crippen molar-refractivity contribution in [3.05, 3.63) is 54.6 Å². The van der Waals surface area contributed by atoms with Crippen molar-refractivity contribution in [1.82, 2.24) is 20.4 Å². The molecule has 11 nitrogen and oxygen atoms in total. The summed E-state index contributed by atoms with van der Waals surface area (Å²) in [4.78, 5) is 24.0. The van der Waals surface area contributed by atoms with Crippen LogP contribution in [0.2, 0.25) is 0 Å². The van der Waals surface area contributed by atoms with Crippen LogP contribution in [-0.2, 0) is 14.8 Å². The van der Waals surface area contributed by atoms with E-state index in [-0.39, 0.29) is 28.6 Å². The topological polar surface area (TPSA) is 164 Å². The van der Waals surface area contributed by atoms with Crippen LogP contribution in [-0.4, -0.2) is 35.2 Å². The molecule has 3 rings (SSSR count). The van der Waals surface area contributed by atoms with Gasteiger partial charge in [0.1, 0.15) is 5.88 Å². The van der Waals surface area contributed by atoms with Crippen molar-refractivity contribution in [2.45, 2.75) is 4.90 Å². The van der Waals surface area contributed by atoms with Gasteiger partial charge in [0, 0.05) is 11.4 Å². The zero-order valence-electron chi connectivity index (χ0n) is 15.3. The number of nitrogens with one attached hydrogen (secondary N) is 4. The van der Waals surface area contributed by atoms with Gasteiger partial charge in [-0.25, -0.2) is 13.6 Å². The quantitative estimate of drug-likeness (QED) is 0.254. The normalized spacial score (nSPS) is 10.9. The number of sulfonamides is 1. The highest BCUT2D eigenvalue weighted by molar-refractivity contribution is 7.89. The maximum Gasteiger partial charge on any atom is 0.253 e. The van der Waals surface area contributed by atoms with Gasteiger partial charge >= 0.3 is 0 Å². The summed E-state index contributed by atoms with van der Waals surface area (Å²) in [5, 5.41) is 11.1. The van der Waals surface area contributed by atoms with E-state index in [1.807, 2.05) is 30.3 Å². The van der Waals surface area contributed by atoms with Crippen LogP contribution in [0.25, 0.3) is 0 Å². The zero-order chi connectivity index (χ0) is 21.6. The number of carbonyl (C=O) groups is 1. The van der Waals surface area contributed by atoms with Gasteiger partial charge < -0.3 is 10.6 Å². The Balaban J connectivity index is 1.85. The molecule has 1 heterocycles. The monoisotopic (exact) mass is 448 g/mol. The van der Waals surface area contributed by atoms with E-state index in [4.69, 9.17) is 16.7 Å². The number of primary sulfonamides is 1. The van der Waals surface area contributed by atoms with Crippen LogP contribution in [0.3, 0.4) is 0 Å². The number of hydrazine groups is 1. The lowest BCUT2D eigenvalue weighted by atomic mass is 10.3. The number of hydrogen-bond donors (Lipinski definition) is 5. The molecule has 0 saturated carbocycles. The van der Waals surface area contributed by atoms with Gasteiger partial charge in [-0.15, -0.1) is 11.6 Å². The highest BCUT2D eigenvalue weighted by Gasteiger charge is 2.10. The molecule has 0 atom stereocenters. The van der Waals surface area contributed by atoms with Crippen LogP contribution in [0.15, 0.2) is 59.5 Å². The minimum atomic E-state index is -3.80. The third kappa shape index (κ3) is 6.01. The first-order valence-electron chi connectivity index (χ1n) is 8.42. The van der Waals surface area contributed by atoms with E-state index in [1.54, 1.807) is 0 Å². The maximum absolute atomic E-state index is 11.4. The molecule has 6 N–H and O–H groups in total. The standard InChI is InChI=1S/C17H17ClN8O3S/c18-10-14(27)25-26-17-23-15(20-11-4-2-1-3-5-11)22-16(24-17)21-12-6-8-13(9-7-12)30(19,28)29/h1-9H,10H2,(H,25,27)(H2,19,28,29)(H3,20,21,22,23,24,26). The Morgan fingerprint density at radius 2 is 1.40 bits per heavy atom. The van der Waals surface area contributed by atoms with E-state index in [0.717, 1.165) is 5.69 Å². The molecule has 3 aromatic rings. The SMILES string of the molecule is NS(=O)(=O)c1ccc(Nc2nc(NNC(=O)CCl)nc(Nc3ccccc3)n2)cc1. The molecule has 0 saturated heterocycles. The van der Waals surface area contributed by atoms with E-state index >= 15 is 0 Å². The van der Waals surface area contributed by atoms with Gasteiger partial charge in [0.05, 0.1) is 4.90 Å². The Morgan fingerprint density at radius 1 is 0.867 bits per heavy atom. The molecular formula is C17H17ClN8O3S. The van der Waals surface area contributed by atoms with Crippen molar-refractivity contribution in [3.8, 4) is 0 Å². The number of hydrogen-bond acceptors (Lipinski definition) is 9. The first-order chi connectivity index (χ1) is 14.3. The van der Waals surface area contributed by atoms with Crippen molar-refractivity contribution in [1.29, 1.82) is 0 Å². The number of benzene rings is 2. The van der Waals surface area contributed by atoms with Crippen LogP contribution in [0.4, 0.5) is 29.2 Å². The van der Waals surface area contributed by atoms with Crippen LogP contribution < -0.4 is 26.6 Å². The zero-order valence-corrected chi connectivity index (χ0v) is 16.9. The van der Waals surface area contributed by atoms with Gasteiger partial charge in [-0.3, -0.25) is 15.6 Å². The van der Waals surface area contributed by atoms with Gasteiger partial charge in [-0.1, -0.05) is 18.2 Å². The van der Waals surface area contributed by atoms with Crippen molar-refractivity contribution >= 4 is 56.8 Å². The first kappa shape index (κ1) is 21.2. The molecule has 0 aliphatic heterocycles. The predicted molar refractivity (Wildman–Crippen MR) is 113 cm³/mol. The highest BCUT2D eigenvalue weighted by atomic mass is 35.5. The number of nitrogens with zero attached hydrogens (tertiary/aromatic N) is 3. The predicted octanol–water partition coefficient (Wildman–Crippen LogP) is 1.69. The number of carbonyl (C=O) groups excluding carboxylic acids is 1. The third-order valence-corrected chi connectivity index (χ3v) is 4.71. The van der Waals surface area contributed by atoms with Crippen molar-refractivity contribution < 1.29 is 13.2 Å². The number of anilines is 5. The van der Waals surface area contributed by atoms with E-state index in [1.165, 1.54) is 24.3 Å². The Bertz CT molecular complexity index is 1130. The average molecular weight is 449 g/mol. The van der Waals surface area contributed by atoms with Crippen molar-refractivity contribution in [2.75, 3.05) is 21.9 Å². The van der Waals surface area contributed by atoms with E-state index in [9.17, 15) is 13.2 Å². The Hall–Kier alpha value is -3.48. The van der Waals surface area contributed by atoms with Crippen molar-refractivity contribution in [3.63, 3.8) is 0 Å². The molecule has 1 amide bonds. The molecule has 0 aliphatic rings. The third-order valence-electron chi connectivity index (χ3n) is 3.54. The minimum Gasteiger partial charge on any atom is -0.324 e. The number of rotatable bonds is 8. The number of nitrogens with two attached hydrogens (primary N) is 1. The number of alkyl halides is 1. The summed E-state index contributed by atoms with van der Waals surface area (Å²) < 4.78 is 22.8. The molecule has 0 spiro atoms. The fraction of sp³-hybridized carbons (Fsp3) is 0.0588. The fourth-order valence-corrected chi connectivity index (χ4v) is 2.79. The molecule has 0 fully saturated rings. The summed E-state index contributed by atoms with van der Waals surface area (Å²) in [5.74, 6) is -0.334. The van der Waals surface area contributed by atoms with Crippen LogP contribution in [0.5, 0.6) is 0 Å². The van der Waals surface area contributed by atoms with Crippen LogP contribution >= 0.6 is 11.6 Å². The highest BCUT2D eigenvalue weighted by Crippen LogP contribution is 2.19. The average Bonchev–Trinajstić information content (AvgIpc) is 2.72. The Labute approximate surface area is 177 Å². The lowest BCUT2D eigenvalue weighted by molar-refractivity contribution is -0.118. The largest absolute Gasteiger partial charge is 0.324 e. The van der Waals surface area contributed by atoms with Gasteiger partial charge in [0.15, 0.2) is 0 Å². The molecule has 2 aromatic carbocycles. The van der Waals surface area contributed by atoms with E-state index < -0.39 is 15.9 Å². The molecule has 0 bridgehead atoms.